The first-order valence-electron chi connectivity index (χ1n) is 7.91. The zero-order valence-corrected chi connectivity index (χ0v) is 12.5. The molecule has 4 heteroatoms. The van der Waals surface area contributed by atoms with Crippen LogP contribution in [-0.4, -0.2) is 35.6 Å². The number of ether oxygens (including phenoxy) is 2. The Kier molecular flexibility index (Phi) is 3.69. The first-order chi connectivity index (χ1) is 10.9. The maximum absolute atomic E-state index is 5.90. The number of rotatable bonds is 7. The second kappa shape index (κ2) is 5.97. The van der Waals surface area contributed by atoms with Crippen LogP contribution in [0.3, 0.4) is 0 Å². The van der Waals surface area contributed by atoms with Gasteiger partial charge in [-0.25, -0.2) is 0 Å². The molecule has 4 nitrogen and oxygen atoms in total. The van der Waals surface area contributed by atoms with Crippen LogP contribution >= 0.6 is 0 Å². The summed E-state index contributed by atoms with van der Waals surface area (Å²) in [5.41, 5.74) is 0. The molecule has 2 atom stereocenters. The van der Waals surface area contributed by atoms with E-state index in [0.717, 1.165) is 29.8 Å². The number of hydrogen-bond donors (Lipinski definition) is 0. The highest BCUT2D eigenvalue weighted by molar-refractivity contribution is 5.36. The summed E-state index contributed by atoms with van der Waals surface area (Å²) in [4.78, 5) is 6.55. The Balaban J connectivity index is 1.30. The fraction of sp³-hybridized carbons (Fsp3) is 0.389. The SMILES string of the molecule is c1cncc(Oc2cccc(OCC3CN3CC3CC3)c2)c1. The average Bonchev–Trinajstić information content (AvgIpc) is 3.46. The van der Waals surface area contributed by atoms with Gasteiger partial charge in [-0.1, -0.05) is 6.07 Å². The highest BCUT2D eigenvalue weighted by Crippen LogP contribution is 2.34. The van der Waals surface area contributed by atoms with Gasteiger partial charge < -0.3 is 9.47 Å². The molecule has 2 fully saturated rings. The van der Waals surface area contributed by atoms with Crippen molar-refractivity contribution in [3.63, 3.8) is 0 Å². The van der Waals surface area contributed by atoms with Crippen LogP contribution in [0.1, 0.15) is 12.8 Å². The molecule has 1 aliphatic heterocycles. The number of pyridine rings is 1. The predicted octanol–water partition coefficient (Wildman–Crippen LogP) is 3.35. The van der Waals surface area contributed by atoms with Crippen molar-refractivity contribution in [1.29, 1.82) is 0 Å². The summed E-state index contributed by atoms with van der Waals surface area (Å²) in [5, 5.41) is 0. The molecule has 1 aromatic heterocycles. The van der Waals surface area contributed by atoms with Crippen LogP contribution < -0.4 is 9.47 Å². The second-order valence-electron chi connectivity index (χ2n) is 6.13. The Morgan fingerprint density at radius 2 is 1.95 bits per heavy atom. The van der Waals surface area contributed by atoms with Gasteiger partial charge in [0, 0.05) is 25.4 Å². The number of hydrogen-bond acceptors (Lipinski definition) is 4. The van der Waals surface area contributed by atoms with Gasteiger partial charge in [0.05, 0.1) is 12.2 Å². The molecule has 0 spiro atoms. The molecule has 1 saturated carbocycles. The second-order valence-corrected chi connectivity index (χ2v) is 6.13. The molecular weight excluding hydrogens is 276 g/mol. The van der Waals surface area contributed by atoms with Gasteiger partial charge >= 0.3 is 0 Å². The van der Waals surface area contributed by atoms with Crippen molar-refractivity contribution in [2.75, 3.05) is 19.7 Å². The molecule has 2 unspecified atom stereocenters. The molecule has 2 heterocycles. The minimum atomic E-state index is 0.600. The van der Waals surface area contributed by atoms with Crippen molar-refractivity contribution in [3.05, 3.63) is 48.8 Å². The van der Waals surface area contributed by atoms with Crippen molar-refractivity contribution in [3.8, 4) is 17.2 Å². The smallest absolute Gasteiger partial charge is 0.145 e. The van der Waals surface area contributed by atoms with Gasteiger partial charge in [0.25, 0.3) is 0 Å². The minimum absolute atomic E-state index is 0.600. The molecule has 1 saturated heterocycles. The Hall–Kier alpha value is -2.07. The Bertz CT molecular complexity index is 628. The lowest BCUT2D eigenvalue weighted by atomic mass is 10.3. The van der Waals surface area contributed by atoms with Crippen LogP contribution in [0.25, 0.3) is 0 Å². The zero-order chi connectivity index (χ0) is 14.8. The molecule has 0 bridgehead atoms. The van der Waals surface area contributed by atoms with Crippen LogP contribution in [-0.2, 0) is 0 Å². The van der Waals surface area contributed by atoms with Crippen molar-refractivity contribution in [2.45, 2.75) is 18.9 Å². The minimum Gasteiger partial charge on any atom is -0.492 e. The van der Waals surface area contributed by atoms with Crippen molar-refractivity contribution >= 4 is 0 Å². The summed E-state index contributed by atoms with van der Waals surface area (Å²) >= 11 is 0. The van der Waals surface area contributed by atoms with E-state index in [4.69, 9.17) is 9.47 Å². The van der Waals surface area contributed by atoms with Crippen molar-refractivity contribution in [1.82, 2.24) is 9.88 Å². The molecular formula is C18H20N2O2. The largest absolute Gasteiger partial charge is 0.492 e. The highest BCUT2D eigenvalue weighted by atomic mass is 16.5. The third kappa shape index (κ3) is 3.57. The van der Waals surface area contributed by atoms with Gasteiger partial charge in [-0.05, 0) is 43.0 Å². The van der Waals surface area contributed by atoms with E-state index in [2.05, 4.69) is 9.88 Å². The lowest BCUT2D eigenvalue weighted by Crippen LogP contribution is -2.12. The molecule has 2 aliphatic rings. The van der Waals surface area contributed by atoms with E-state index < -0.39 is 0 Å². The van der Waals surface area contributed by atoms with E-state index in [1.807, 2.05) is 36.4 Å². The summed E-state index contributed by atoms with van der Waals surface area (Å²) in [6, 6.07) is 12.1. The quantitative estimate of drug-likeness (QED) is 0.734. The normalized spacial score (nSPS) is 23.1. The van der Waals surface area contributed by atoms with Crippen LogP contribution in [0.2, 0.25) is 0 Å². The van der Waals surface area contributed by atoms with Crippen LogP contribution in [0, 0.1) is 5.92 Å². The fourth-order valence-corrected chi connectivity index (χ4v) is 2.60. The third-order valence-corrected chi connectivity index (χ3v) is 4.14. The molecule has 22 heavy (non-hydrogen) atoms. The van der Waals surface area contributed by atoms with E-state index in [1.54, 1.807) is 12.4 Å². The van der Waals surface area contributed by atoms with E-state index in [0.29, 0.717) is 6.04 Å². The molecule has 4 rings (SSSR count). The standard InChI is InChI=1S/C18H20N2O2/c1-3-16(21-13-15-12-20(15)11-14-6-7-14)9-17(4-1)22-18-5-2-8-19-10-18/h1-5,8-10,14-15H,6-7,11-13H2. The first kappa shape index (κ1) is 13.6. The number of nitrogens with zero attached hydrogens (tertiary/aromatic N) is 2. The maximum atomic E-state index is 5.90. The highest BCUT2D eigenvalue weighted by Gasteiger charge is 2.38. The van der Waals surface area contributed by atoms with Gasteiger partial charge in [0.1, 0.15) is 23.9 Å². The van der Waals surface area contributed by atoms with Crippen LogP contribution in [0.15, 0.2) is 48.8 Å². The van der Waals surface area contributed by atoms with Gasteiger partial charge in [-0.3, -0.25) is 9.88 Å². The molecule has 114 valence electrons. The summed E-state index contributed by atoms with van der Waals surface area (Å²) in [7, 11) is 0. The summed E-state index contributed by atoms with van der Waals surface area (Å²) in [6.07, 6.45) is 6.26. The molecule has 1 aromatic carbocycles. The van der Waals surface area contributed by atoms with E-state index >= 15 is 0 Å². The Labute approximate surface area is 130 Å². The average molecular weight is 296 g/mol. The third-order valence-electron chi connectivity index (χ3n) is 4.14. The van der Waals surface area contributed by atoms with Crippen molar-refractivity contribution in [2.24, 2.45) is 5.92 Å². The first-order valence-corrected chi connectivity index (χ1v) is 7.91. The fourth-order valence-electron chi connectivity index (χ4n) is 2.60. The monoisotopic (exact) mass is 296 g/mol. The number of aromatic nitrogens is 1. The number of benzene rings is 1. The van der Waals surface area contributed by atoms with Crippen LogP contribution in [0.5, 0.6) is 17.2 Å². The van der Waals surface area contributed by atoms with Crippen molar-refractivity contribution < 1.29 is 9.47 Å². The molecule has 0 N–H and O–H groups in total. The molecule has 1 aliphatic carbocycles. The maximum Gasteiger partial charge on any atom is 0.145 e. The van der Waals surface area contributed by atoms with E-state index in [-0.39, 0.29) is 0 Å². The van der Waals surface area contributed by atoms with Gasteiger partial charge in [0.2, 0.25) is 0 Å². The Morgan fingerprint density at radius 1 is 1.09 bits per heavy atom. The van der Waals surface area contributed by atoms with Gasteiger partial charge in [0.15, 0.2) is 0 Å². The summed E-state index contributed by atoms with van der Waals surface area (Å²) < 4.78 is 11.7. The molecule has 0 amide bonds. The van der Waals surface area contributed by atoms with Gasteiger partial charge in [-0.15, -0.1) is 0 Å². The molecule has 2 aromatic rings. The topological polar surface area (TPSA) is 34.4 Å². The zero-order valence-electron chi connectivity index (χ0n) is 12.5. The summed E-state index contributed by atoms with van der Waals surface area (Å²) in [5.74, 6) is 3.33. The van der Waals surface area contributed by atoms with E-state index in [9.17, 15) is 0 Å². The lowest BCUT2D eigenvalue weighted by molar-refractivity contribution is 0.291. The summed E-state index contributed by atoms with van der Waals surface area (Å²) in [6.45, 7) is 3.21. The van der Waals surface area contributed by atoms with E-state index in [1.165, 1.54) is 25.9 Å². The molecule has 0 radical (unpaired) electrons. The van der Waals surface area contributed by atoms with Gasteiger partial charge in [-0.2, -0.15) is 0 Å². The lowest BCUT2D eigenvalue weighted by Gasteiger charge is -2.09. The Morgan fingerprint density at radius 3 is 2.77 bits per heavy atom. The predicted molar refractivity (Wildman–Crippen MR) is 84.3 cm³/mol. The van der Waals surface area contributed by atoms with Crippen LogP contribution in [0.4, 0.5) is 0 Å².